The number of benzene rings is 4. The van der Waals surface area contributed by atoms with Crippen molar-refractivity contribution in [2.75, 3.05) is 18.0 Å². The molecule has 0 saturated carbocycles. The largest absolute Gasteiger partial charge is 0.495 e. The van der Waals surface area contributed by atoms with E-state index in [1.807, 2.05) is 0 Å². The third-order valence-corrected chi connectivity index (χ3v) is 9.06. The van der Waals surface area contributed by atoms with E-state index >= 15 is 0 Å². The van der Waals surface area contributed by atoms with Crippen LogP contribution in [0.5, 0.6) is 11.5 Å². The Hall–Kier alpha value is -4.36. The molecule has 0 bridgehead atoms. The first-order valence-electron chi connectivity index (χ1n) is 13.0. The molecule has 1 amide bonds. The standard InChI is InChI=1S/C30H25Cl3N4O7S/c1-19-3-10-24(15-27(19)37(39)40)45(41,42)36(28-14-22(31)7-12-29(28)43-2)17-30(38)35-34-16-20-4-8-23(9-5-20)44-18-21-6-11-25(32)26(33)13-21/h3-16H,17-18H2,1-2H3,(H,35,38)/b34-16-. The molecule has 0 aliphatic heterocycles. The number of ether oxygens (including phenoxy) is 2. The van der Waals surface area contributed by atoms with E-state index in [1.165, 1.54) is 50.6 Å². The molecular formula is C30H25Cl3N4O7S. The number of rotatable bonds is 12. The number of nitrogens with one attached hydrogen (secondary N) is 1. The Labute approximate surface area is 274 Å². The van der Waals surface area contributed by atoms with E-state index < -0.39 is 38.0 Å². The van der Waals surface area contributed by atoms with E-state index in [0.717, 1.165) is 15.9 Å². The van der Waals surface area contributed by atoms with Gasteiger partial charge in [-0.1, -0.05) is 46.9 Å². The molecule has 0 fully saturated rings. The first kappa shape index (κ1) is 33.5. The van der Waals surface area contributed by atoms with E-state index in [2.05, 4.69) is 10.5 Å². The summed E-state index contributed by atoms with van der Waals surface area (Å²) in [6.07, 6.45) is 1.36. The Morgan fingerprint density at radius 1 is 1.00 bits per heavy atom. The summed E-state index contributed by atoms with van der Waals surface area (Å²) in [5.41, 5.74) is 3.58. The number of hydrogen-bond donors (Lipinski definition) is 1. The van der Waals surface area contributed by atoms with Gasteiger partial charge >= 0.3 is 0 Å². The van der Waals surface area contributed by atoms with Crippen molar-refractivity contribution in [1.29, 1.82) is 0 Å². The maximum absolute atomic E-state index is 13.8. The van der Waals surface area contributed by atoms with Crippen molar-refractivity contribution in [3.05, 3.63) is 121 Å². The number of nitro groups is 1. The van der Waals surface area contributed by atoms with Crippen LogP contribution in [0.4, 0.5) is 11.4 Å². The van der Waals surface area contributed by atoms with Crippen molar-refractivity contribution in [2.24, 2.45) is 5.10 Å². The molecule has 0 heterocycles. The van der Waals surface area contributed by atoms with Crippen molar-refractivity contribution in [1.82, 2.24) is 5.43 Å². The molecule has 4 aromatic rings. The average molecular weight is 692 g/mol. The highest BCUT2D eigenvalue weighted by Crippen LogP contribution is 2.35. The van der Waals surface area contributed by atoms with Crippen molar-refractivity contribution < 1.29 is 27.6 Å². The van der Waals surface area contributed by atoms with Gasteiger partial charge in [-0.15, -0.1) is 0 Å². The molecule has 4 rings (SSSR count). The SMILES string of the molecule is COc1ccc(Cl)cc1N(CC(=O)N/N=C\c1ccc(OCc2ccc(Cl)c(Cl)c2)cc1)S(=O)(=O)c1ccc(C)c([N+](=O)[O-])c1. The van der Waals surface area contributed by atoms with Gasteiger partial charge in [0.25, 0.3) is 21.6 Å². The zero-order chi connectivity index (χ0) is 32.7. The van der Waals surface area contributed by atoms with Gasteiger partial charge < -0.3 is 9.47 Å². The van der Waals surface area contributed by atoms with E-state index in [-0.39, 0.29) is 28.6 Å². The van der Waals surface area contributed by atoms with Crippen LogP contribution in [0.1, 0.15) is 16.7 Å². The number of methoxy groups -OCH3 is 1. The van der Waals surface area contributed by atoms with Crippen LogP contribution in [-0.2, 0) is 21.4 Å². The van der Waals surface area contributed by atoms with Gasteiger partial charge in [-0.3, -0.25) is 19.2 Å². The maximum atomic E-state index is 13.8. The van der Waals surface area contributed by atoms with Crippen LogP contribution >= 0.6 is 34.8 Å². The minimum absolute atomic E-state index is 0.0520. The summed E-state index contributed by atoms with van der Waals surface area (Å²) in [5, 5.41) is 16.5. The second kappa shape index (κ2) is 14.6. The highest BCUT2D eigenvalue weighted by molar-refractivity contribution is 7.92. The lowest BCUT2D eigenvalue weighted by Gasteiger charge is -2.25. The predicted octanol–water partition coefficient (Wildman–Crippen LogP) is 6.80. The smallest absolute Gasteiger partial charge is 0.273 e. The lowest BCUT2D eigenvalue weighted by Crippen LogP contribution is -2.39. The average Bonchev–Trinajstić information content (AvgIpc) is 3.01. The van der Waals surface area contributed by atoms with Gasteiger partial charge in [-0.2, -0.15) is 5.10 Å². The van der Waals surface area contributed by atoms with Crippen LogP contribution in [0.25, 0.3) is 0 Å². The third-order valence-electron chi connectivity index (χ3n) is 6.33. The molecule has 45 heavy (non-hydrogen) atoms. The molecule has 0 aliphatic rings. The molecule has 15 heteroatoms. The first-order chi connectivity index (χ1) is 21.4. The summed E-state index contributed by atoms with van der Waals surface area (Å²) in [5.74, 6) is -0.127. The van der Waals surface area contributed by atoms with Gasteiger partial charge in [0.05, 0.1) is 38.9 Å². The van der Waals surface area contributed by atoms with Crippen molar-refractivity contribution in [3.63, 3.8) is 0 Å². The molecular weight excluding hydrogens is 667 g/mol. The molecule has 0 atom stereocenters. The fourth-order valence-corrected chi connectivity index (χ4v) is 5.95. The molecule has 0 saturated heterocycles. The number of halogens is 3. The summed E-state index contributed by atoms with van der Waals surface area (Å²) in [4.78, 5) is 23.4. The molecule has 0 aliphatic carbocycles. The fourth-order valence-electron chi connectivity index (χ4n) is 4.02. The van der Waals surface area contributed by atoms with Crippen LogP contribution in [-0.4, -0.2) is 39.1 Å². The van der Waals surface area contributed by atoms with Gasteiger partial charge in [-0.25, -0.2) is 13.8 Å². The summed E-state index contributed by atoms with van der Waals surface area (Å²) in [7, 11) is -3.21. The lowest BCUT2D eigenvalue weighted by molar-refractivity contribution is -0.385. The van der Waals surface area contributed by atoms with Crippen molar-refractivity contribution >= 4 is 68.3 Å². The molecule has 0 unspecified atom stereocenters. The van der Waals surface area contributed by atoms with E-state index in [9.17, 15) is 23.3 Å². The quantitative estimate of drug-likeness (QED) is 0.0979. The number of hydrazone groups is 1. The number of aryl methyl sites for hydroxylation is 1. The molecule has 1 N–H and O–H groups in total. The van der Waals surface area contributed by atoms with Crippen molar-refractivity contribution in [2.45, 2.75) is 18.4 Å². The summed E-state index contributed by atoms with van der Waals surface area (Å²) >= 11 is 18.1. The second-order valence-corrected chi connectivity index (χ2v) is 12.5. The van der Waals surface area contributed by atoms with E-state index in [0.29, 0.717) is 21.4 Å². The number of carbonyl (C=O) groups is 1. The van der Waals surface area contributed by atoms with Gasteiger partial charge in [0.15, 0.2) is 0 Å². The van der Waals surface area contributed by atoms with Gasteiger partial charge in [0.2, 0.25) is 0 Å². The second-order valence-electron chi connectivity index (χ2n) is 9.43. The van der Waals surface area contributed by atoms with E-state index in [4.69, 9.17) is 44.3 Å². The number of nitro benzene ring substituents is 1. The number of hydrogen-bond acceptors (Lipinski definition) is 8. The number of nitrogens with zero attached hydrogens (tertiary/aromatic N) is 3. The summed E-state index contributed by atoms with van der Waals surface area (Å²) in [6.45, 7) is 1.00. The number of anilines is 1. The Bertz CT molecular complexity index is 1870. The normalized spacial score (nSPS) is 11.3. The van der Waals surface area contributed by atoms with Crippen LogP contribution in [0.15, 0.2) is 88.9 Å². The van der Waals surface area contributed by atoms with Crippen LogP contribution in [0.3, 0.4) is 0 Å². The monoisotopic (exact) mass is 690 g/mol. The molecule has 0 aromatic heterocycles. The van der Waals surface area contributed by atoms with Gasteiger partial charge in [0.1, 0.15) is 24.7 Å². The van der Waals surface area contributed by atoms with Crippen LogP contribution in [0.2, 0.25) is 15.1 Å². The predicted molar refractivity (Wildman–Crippen MR) is 173 cm³/mol. The Morgan fingerprint density at radius 2 is 1.73 bits per heavy atom. The molecule has 0 radical (unpaired) electrons. The lowest BCUT2D eigenvalue weighted by atomic mass is 10.2. The topological polar surface area (TPSA) is 140 Å². The Morgan fingerprint density at radius 3 is 2.40 bits per heavy atom. The summed E-state index contributed by atoms with van der Waals surface area (Å²) in [6, 6.07) is 19.7. The highest BCUT2D eigenvalue weighted by atomic mass is 35.5. The first-order valence-corrected chi connectivity index (χ1v) is 15.6. The molecule has 11 nitrogen and oxygen atoms in total. The molecule has 234 valence electrons. The van der Waals surface area contributed by atoms with Gasteiger partial charge in [-0.05, 0) is 78.7 Å². The number of carbonyl (C=O) groups excluding carboxylic acids is 1. The third kappa shape index (κ3) is 8.43. The fraction of sp³-hybridized carbons (Fsp3) is 0.133. The summed E-state index contributed by atoms with van der Waals surface area (Å²) < 4.78 is 39.4. The Kier molecular flexibility index (Phi) is 10.9. The van der Waals surface area contributed by atoms with Gasteiger partial charge in [0, 0.05) is 16.7 Å². The number of sulfonamides is 1. The highest BCUT2D eigenvalue weighted by Gasteiger charge is 2.31. The zero-order valence-corrected chi connectivity index (χ0v) is 26.8. The minimum atomic E-state index is -4.53. The number of amides is 1. The van der Waals surface area contributed by atoms with Crippen LogP contribution in [0, 0.1) is 17.0 Å². The minimum Gasteiger partial charge on any atom is -0.495 e. The Balaban J connectivity index is 1.50. The maximum Gasteiger partial charge on any atom is 0.273 e. The van der Waals surface area contributed by atoms with Crippen molar-refractivity contribution in [3.8, 4) is 11.5 Å². The molecule has 4 aromatic carbocycles. The van der Waals surface area contributed by atoms with E-state index in [1.54, 1.807) is 42.5 Å². The van der Waals surface area contributed by atoms with Crippen LogP contribution < -0.4 is 19.2 Å². The zero-order valence-electron chi connectivity index (χ0n) is 23.7. The molecule has 0 spiro atoms.